The van der Waals surface area contributed by atoms with Gasteiger partial charge in [0.05, 0.1) is 29.8 Å². The molecule has 144 valence electrons. The lowest BCUT2D eigenvalue weighted by molar-refractivity contribution is -0.151. The molecule has 9 nitrogen and oxygen atoms in total. The van der Waals surface area contributed by atoms with E-state index in [4.69, 9.17) is 0 Å². The Bertz CT molecular complexity index is 1060. The monoisotopic (exact) mass is 378 g/mol. The van der Waals surface area contributed by atoms with Gasteiger partial charge in [0.25, 0.3) is 0 Å². The summed E-state index contributed by atoms with van der Waals surface area (Å²) in [5.41, 5.74) is 0.579. The van der Waals surface area contributed by atoms with Gasteiger partial charge in [0.1, 0.15) is 23.3 Å². The summed E-state index contributed by atoms with van der Waals surface area (Å²) in [6, 6.07) is 4.15. The van der Waals surface area contributed by atoms with Crippen LogP contribution in [-0.2, 0) is 10.3 Å². The number of hydrogen-bond acceptors (Lipinski definition) is 6. The molecule has 0 atom stereocenters. The zero-order valence-corrected chi connectivity index (χ0v) is 16.1. The third-order valence-corrected chi connectivity index (χ3v) is 4.99. The van der Waals surface area contributed by atoms with Crippen molar-refractivity contribution >= 4 is 28.4 Å². The molecule has 0 radical (unpaired) electrons. The minimum absolute atomic E-state index is 0.0856. The maximum Gasteiger partial charge on any atom is 0.228 e. The van der Waals surface area contributed by atoms with Gasteiger partial charge in [0.15, 0.2) is 0 Å². The van der Waals surface area contributed by atoms with Gasteiger partial charge in [-0.05, 0) is 6.07 Å². The molecule has 0 aromatic carbocycles. The second kappa shape index (κ2) is 6.34. The summed E-state index contributed by atoms with van der Waals surface area (Å²) < 4.78 is 1.79. The highest BCUT2D eigenvalue weighted by atomic mass is 16.2. The van der Waals surface area contributed by atoms with E-state index >= 15 is 0 Å². The number of likely N-dealkylation sites (tertiary alicyclic amines) is 1. The molecule has 1 amide bonds. The first-order chi connectivity index (χ1) is 13.3. The highest BCUT2D eigenvalue weighted by Crippen LogP contribution is 2.36. The molecule has 0 saturated carbocycles. The van der Waals surface area contributed by atoms with Crippen molar-refractivity contribution in [1.82, 2.24) is 29.6 Å². The van der Waals surface area contributed by atoms with Crippen molar-refractivity contribution in [3.8, 4) is 6.07 Å². The molecular weight excluding hydrogens is 356 g/mol. The van der Waals surface area contributed by atoms with E-state index in [1.807, 2.05) is 39.2 Å². The number of hydrogen-bond donors (Lipinski definition) is 2. The summed E-state index contributed by atoms with van der Waals surface area (Å²) in [7, 11) is 0. The number of amides is 1. The Kier molecular flexibility index (Phi) is 4.07. The largest absolute Gasteiger partial charge is 0.346 e. The minimum Gasteiger partial charge on any atom is -0.346 e. The van der Waals surface area contributed by atoms with Gasteiger partial charge in [0.2, 0.25) is 5.91 Å². The highest BCUT2D eigenvalue weighted by molar-refractivity contribution is 5.88. The molecule has 4 heterocycles. The van der Waals surface area contributed by atoms with Crippen LogP contribution in [0.2, 0.25) is 0 Å². The van der Waals surface area contributed by atoms with Gasteiger partial charge in [0, 0.05) is 30.9 Å². The predicted octanol–water partition coefficient (Wildman–Crippen LogP) is 2.40. The normalized spacial score (nSPS) is 15.9. The van der Waals surface area contributed by atoms with E-state index in [0.717, 1.165) is 16.7 Å². The molecule has 1 aliphatic heterocycles. The standard InChI is InChI=1S/C19H22N8O/c1-18(2,3)17(28)26-10-19(11-26,5-6-20)27-9-13(8-24-27)25-16-14-4-7-21-15(14)22-12-23-16/h4,7-9,12H,5,10-11H2,1-3H3,(H2,21,22,23,25). The first kappa shape index (κ1) is 18.0. The average Bonchev–Trinajstić information content (AvgIpc) is 3.26. The van der Waals surface area contributed by atoms with Gasteiger partial charge >= 0.3 is 0 Å². The number of nitrogens with zero attached hydrogens (tertiary/aromatic N) is 6. The number of aromatic amines is 1. The molecular formula is C19H22N8O. The number of carbonyl (C=O) groups excluding carboxylic acids is 1. The first-order valence-corrected chi connectivity index (χ1v) is 9.09. The summed E-state index contributed by atoms with van der Waals surface area (Å²) in [5, 5.41) is 17.9. The third kappa shape index (κ3) is 2.97. The summed E-state index contributed by atoms with van der Waals surface area (Å²) in [6.07, 6.45) is 7.15. The fourth-order valence-corrected chi connectivity index (χ4v) is 3.52. The second-order valence-electron chi connectivity index (χ2n) is 8.23. The fourth-order valence-electron chi connectivity index (χ4n) is 3.52. The Morgan fingerprint density at radius 2 is 2.18 bits per heavy atom. The van der Waals surface area contributed by atoms with Crippen molar-refractivity contribution in [3.05, 3.63) is 31.0 Å². The lowest BCUT2D eigenvalue weighted by atomic mass is 9.83. The molecule has 3 aromatic heterocycles. The molecule has 4 rings (SSSR count). The van der Waals surface area contributed by atoms with E-state index < -0.39 is 11.0 Å². The number of nitrogens with one attached hydrogen (secondary N) is 2. The van der Waals surface area contributed by atoms with Crippen LogP contribution < -0.4 is 5.32 Å². The zero-order valence-electron chi connectivity index (χ0n) is 16.1. The van der Waals surface area contributed by atoms with Crippen molar-refractivity contribution in [2.45, 2.75) is 32.7 Å². The van der Waals surface area contributed by atoms with Crippen molar-refractivity contribution in [3.63, 3.8) is 0 Å². The molecule has 1 fully saturated rings. The van der Waals surface area contributed by atoms with Crippen LogP contribution in [-0.4, -0.2) is 48.6 Å². The molecule has 9 heteroatoms. The molecule has 0 unspecified atom stereocenters. The maximum atomic E-state index is 12.5. The quantitative estimate of drug-likeness (QED) is 0.720. The number of carbonyl (C=O) groups is 1. The van der Waals surface area contributed by atoms with E-state index in [2.05, 4.69) is 31.4 Å². The minimum atomic E-state index is -0.495. The van der Waals surface area contributed by atoms with Crippen LogP contribution in [0.5, 0.6) is 0 Å². The predicted molar refractivity (Wildman–Crippen MR) is 104 cm³/mol. The van der Waals surface area contributed by atoms with E-state index in [0.29, 0.717) is 18.9 Å². The van der Waals surface area contributed by atoms with Crippen molar-refractivity contribution < 1.29 is 4.79 Å². The van der Waals surface area contributed by atoms with Gasteiger partial charge in [-0.15, -0.1) is 0 Å². The van der Waals surface area contributed by atoms with Crippen LogP contribution in [0, 0.1) is 16.7 Å². The van der Waals surface area contributed by atoms with E-state index in [1.54, 1.807) is 15.8 Å². The summed E-state index contributed by atoms with van der Waals surface area (Å²) in [4.78, 5) is 25.8. The number of fused-ring (bicyclic) bond motifs is 1. The number of anilines is 2. The molecule has 2 N–H and O–H groups in total. The van der Waals surface area contributed by atoms with Gasteiger partial charge in [-0.2, -0.15) is 10.4 Å². The van der Waals surface area contributed by atoms with Gasteiger partial charge < -0.3 is 15.2 Å². The van der Waals surface area contributed by atoms with Crippen molar-refractivity contribution in [2.24, 2.45) is 5.41 Å². The Hall–Kier alpha value is -3.41. The van der Waals surface area contributed by atoms with Gasteiger partial charge in [-0.3, -0.25) is 9.48 Å². The highest BCUT2D eigenvalue weighted by Gasteiger charge is 2.49. The van der Waals surface area contributed by atoms with Crippen molar-refractivity contribution in [1.29, 1.82) is 5.26 Å². The lowest BCUT2D eigenvalue weighted by Gasteiger charge is -2.50. The Morgan fingerprint density at radius 1 is 1.39 bits per heavy atom. The molecule has 1 saturated heterocycles. The van der Waals surface area contributed by atoms with Crippen LogP contribution >= 0.6 is 0 Å². The van der Waals surface area contributed by atoms with E-state index in [-0.39, 0.29) is 12.3 Å². The van der Waals surface area contributed by atoms with Crippen LogP contribution in [0.15, 0.2) is 31.0 Å². The number of H-pyrrole nitrogens is 1. The number of rotatable bonds is 4. The van der Waals surface area contributed by atoms with Gasteiger partial charge in [-0.25, -0.2) is 9.97 Å². The second-order valence-corrected chi connectivity index (χ2v) is 8.23. The molecule has 0 spiro atoms. The SMILES string of the molecule is CC(C)(C)C(=O)N1CC(CC#N)(n2cc(Nc3ncnc4[nH]ccc34)cn2)C1. The van der Waals surface area contributed by atoms with Crippen LogP contribution in [0.25, 0.3) is 11.0 Å². The summed E-state index contributed by atoms with van der Waals surface area (Å²) in [6.45, 7) is 6.66. The Morgan fingerprint density at radius 3 is 2.89 bits per heavy atom. The van der Waals surface area contributed by atoms with Crippen LogP contribution in [0.3, 0.4) is 0 Å². The number of aromatic nitrogens is 5. The van der Waals surface area contributed by atoms with Crippen LogP contribution in [0.4, 0.5) is 11.5 Å². The van der Waals surface area contributed by atoms with Crippen molar-refractivity contribution in [2.75, 3.05) is 18.4 Å². The molecule has 1 aliphatic rings. The lowest BCUT2D eigenvalue weighted by Crippen LogP contribution is -2.65. The molecule has 0 aliphatic carbocycles. The smallest absolute Gasteiger partial charge is 0.228 e. The van der Waals surface area contributed by atoms with Gasteiger partial charge in [-0.1, -0.05) is 20.8 Å². The average molecular weight is 378 g/mol. The zero-order chi connectivity index (χ0) is 19.9. The molecule has 0 bridgehead atoms. The van der Waals surface area contributed by atoms with Crippen LogP contribution in [0.1, 0.15) is 27.2 Å². The molecule has 28 heavy (non-hydrogen) atoms. The maximum absolute atomic E-state index is 12.5. The summed E-state index contributed by atoms with van der Waals surface area (Å²) in [5.74, 6) is 0.765. The third-order valence-electron chi connectivity index (χ3n) is 4.99. The summed E-state index contributed by atoms with van der Waals surface area (Å²) >= 11 is 0. The fraction of sp³-hybridized carbons (Fsp3) is 0.421. The topological polar surface area (TPSA) is 116 Å². The Balaban J connectivity index is 1.55. The van der Waals surface area contributed by atoms with E-state index in [1.165, 1.54) is 6.33 Å². The Labute approximate surface area is 162 Å². The van der Waals surface area contributed by atoms with E-state index in [9.17, 15) is 10.1 Å². The first-order valence-electron chi connectivity index (χ1n) is 9.09. The molecule has 3 aromatic rings. The number of nitriles is 1.